The quantitative estimate of drug-likeness (QED) is 0.393. The Labute approximate surface area is 234 Å². The van der Waals surface area contributed by atoms with Crippen molar-refractivity contribution in [3.05, 3.63) is 69.7 Å². The van der Waals surface area contributed by atoms with Crippen LogP contribution in [0.1, 0.15) is 56.9 Å². The Balaban J connectivity index is 2.29. The molecular weight excluding hydrogens is 582 g/mol. The predicted molar refractivity (Wildman–Crippen MR) is 140 cm³/mol. The van der Waals surface area contributed by atoms with Gasteiger partial charge in [-0.25, -0.2) is 8.42 Å². The first-order valence-electron chi connectivity index (χ1n) is 11.9. The number of morpholine rings is 1. The van der Waals surface area contributed by atoms with Crippen molar-refractivity contribution in [1.29, 1.82) is 0 Å². The number of carbonyl (C=O) groups excluding carboxylic acids is 1. The first-order valence-corrected chi connectivity index (χ1v) is 14.3. The third-order valence-corrected chi connectivity index (χ3v) is 9.56. The Morgan fingerprint density at radius 1 is 1.05 bits per heavy atom. The van der Waals surface area contributed by atoms with Gasteiger partial charge in [0, 0.05) is 10.0 Å². The van der Waals surface area contributed by atoms with Crippen LogP contribution in [0.3, 0.4) is 0 Å². The summed E-state index contributed by atoms with van der Waals surface area (Å²) in [7, 11) is -4.18. The second-order valence-electron chi connectivity index (χ2n) is 10.3. The summed E-state index contributed by atoms with van der Waals surface area (Å²) in [5.74, 6) is -3.49. The van der Waals surface area contributed by atoms with Gasteiger partial charge in [-0.1, -0.05) is 47.5 Å². The third-order valence-electron chi connectivity index (χ3n) is 6.38. The van der Waals surface area contributed by atoms with E-state index in [0.29, 0.717) is 16.1 Å². The number of sulfone groups is 1. The molecule has 0 radical (unpaired) electrons. The van der Waals surface area contributed by atoms with Gasteiger partial charge in [0.1, 0.15) is 12.2 Å². The normalized spacial score (nSPS) is 21.6. The van der Waals surface area contributed by atoms with Crippen molar-refractivity contribution in [1.82, 2.24) is 4.90 Å². The first-order chi connectivity index (χ1) is 17.9. The zero-order chi connectivity index (χ0) is 29.3. The molecule has 1 N–H and O–H groups in total. The van der Waals surface area contributed by atoms with Gasteiger partial charge >= 0.3 is 12.1 Å². The minimum absolute atomic E-state index is 0.270. The fourth-order valence-corrected chi connectivity index (χ4v) is 6.02. The molecule has 1 amide bonds. The van der Waals surface area contributed by atoms with Crippen LogP contribution in [-0.4, -0.2) is 59.1 Å². The molecule has 0 aliphatic carbocycles. The van der Waals surface area contributed by atoms with Crippen LogP contribution in [0.25, 0.3) is 0 Å². The van der Waals surface area contributed by atoms with Gasteiger partial charge < -0.3 is 14.7 Å². The molecule has 2 aromatic rings. The van der Waals surface area contributed by atoms with Crippen molar-refractivity contribution >= 4 is 44.9 Å². The van der Waals surface area contributed by atoms with E-state index in [-0.39, 0.29) is 5.02 Å². The summed E-state index contributed by atoms with van der Waals surface area (Å²) in [6, 6.07) is 9.00. The highest BCUT2D eigenvalue weighted by Crippen LogP contribution is 2.46. The number of hydrogen-bond donors (Lipinski definition) is 1. The maximum absolute atomic E-state index is 13.9. The van der Waals surface area contributed by atoms with E-state index in [2.05, 4.69) is 0 Å². The number of aliphatic carboxylic acids is 1. The van der Waals surface area contributed by atoms with Crippen LogP contribution >= 0.6 is 23.2 Å². The molecule has 39 heavy (non-hydrogen) atoms. The van der Waals surface area contributed by atoms with Gasteiger partial charge in [0.05, 0.1) is 35.4 Å². The maximum atomic E-state index is 13.9. The van der Waals surface area contributed by atoms with Crippen molar-refractivity contribution in [3.8, 4) is 0 Å². The monoisotopic (exact) mass is 609 g/mol. The average Bonchev–Trinajstić information content (AvgIpc) is 2.78. The summed E-state index contributed by atoms with van der Waals surface area (Å²) in [4.78, 5) is 26.2. The molecule has 1 aliphatic rings. The molecule has 1 aliphatic heterocycles. The van der Waals surface area contributed by atoms with Gasteiger partial charge in [-0.3, -0.25) is 9.59 Å². The fraction of sp³-hybridized carbons (Fsp3) is 0.462. The van der Waals surface area contributed by atoms with Crippen LogP contribution in [0.15, 0.2) is 48.5 Å². The number of carbonyl (C=O) groups is 2. The van der Waals surface area contributed by atoms with Gasteiger partial charge in [-0.05, 0) is 56.2 Å². The molecule has 1 saturated heterocycles. The van der Waals surface area contributed by atoms with E-state index in [1.165, 1.54) is 51.1 Å². The Morgan fingerprint density at radius 3 is 2.18 bits per heavy atom. The topological polar surface area (TPSA) is 101 Å². The molecule has 1 heterocycles. The van der Waals surface area contributed by atoms with Crippen LogP contribution in [0.4, 0.5) is 13.2 Å². The Kier molecular flexibility index (Phi) is 9.31. The summed E-state index contributed by atoms with van der Waals surface area (Å²) in [6.07, 6.45) is -10.2. The number of carboxylic acids is 1. The molecule has 13 heteroatoms. The Morgan fingerprint density at radius 2 is 1.67 bits per heavy atom. The summed E-state index contributed by atoms with van der Waals surface area (Å²) >= 11 is 12.2. The molecule has 7 nitrogen and oxygen atoms in total. The van der Waals surface area contributed by atoms with Crippen molar-refractivity contribution in [2.75, 3.05) is 5.75 Å². The molecule has 1 unspecified atom stereocenters. The van der Waals surface area contributed by atoms with E-state index in [1.807, 2.05) is 0 Å². The Bertz CT molecular complexity index is 1310. The summed E-state index contributed by atoms with van der Waals surface area (Å²) in [6.45, 7) is 4.06. The molecule has 3 rings (SSSR count). The number of carboxylic acid groups (broad SMARTS) is 1. The lowest BCUT2D eigenvalue weighted by molar-refractivity contribution is -0.191. The highest BCUT2D eigenvalue weighted by atomic mass is 35.5. The third kappa shape index (κ3) is 7.65. The molecule has 0 saturated carbocycles. The molecule has 214 valence electrons. The first kappa shape index (κ1) is 31.2. The van der Waals surface area contributed by atoms with Crippen LogP contribution in [0.5, 0.6) is 0 Å². The zero-order valence-corrected chi connectivity index (χ0v) is 23.6. The van der Waals surface area contributed by atoms with Crippen LogP contribution in [0, 0.1) is 0 Å². The van der Waals surface area contributed by atoms with E-state index < -0.39 is 75.5 Å². The molecule has 0 bridgehead atoms. The van der Waals surface area contributed by atoms with Gasteiger partial charge in [0.25, 0.3) is 5.91 Å². The van der Waals surface area contributed by atoms with Crippen LogP contribution < -0.4 is 0 Å². The van der Waals surface area contributed by atoms with Crippen LogP contribution in [-0.2, 0) is 24.2 Å². The summed E-state index contributed by atoms with van der Waals surface area (Å²) < 4.78 is 72.7. The number of alkyl halides is 3. The number of halogens is 5. The van der Waals surface area contributed by atoms with Crippen molar-refractivity contribution in [3.63, 3.8) is 0 Å². The van der Waals surface area contributed by atoms with Crippen LogP contribution in [0.2, 0.25) is 10.0 Å². The largest absolute Gasteiger partial charge is 0.481 e. The van der Waals surface area contributed by atoms with E-state index in [1.54, 1.807) is 18.2 Å². The number of nitrogens with zero attached hydrogens (tertiary/aromatic N) is 1. The van der Waals surface area contributed by atoms with E-state index in [4.69, 9.17) is 27.9 Å². The lowest BCUT2D eigenvalue weighted by Crippen LogP contribution is -2.58. The number of benzene rings is 2. The molecular formula is C26H28Cl2F3NO6S. The molecule has 0 aromatic heterocycles. The van der Waals surface area contributed by atoms with Crippen molar-refractivity contribution < 1.29 is 41.0 Å². The lowest BCUT2D eigenvalue weighted by Gasteiger charge is -2.48. The van der Waals surface area contributed by atoms with Gasteiger partial charge in [0.2, 0.25) is 0 Å². The minimum Gasteiger partial charge on any atom is -0.481 e. The minimum atomic E-state index is -4.85. The molecule has 2 aromatic carbocycles. The van der Waals surface area contributed by atoms with E-state index >= 15 is 0 Å². The summed E-state index contributed by atoms with van der Waals surface area (Å²) in [5.41, 5.74) is 0.673. The predicted octanol–water partition coefficient (Wildman–Crippen LogP) is 6.01. The Hall–Kier alpha value is -2.34. The van der Waals surface area contributed by atoms with Gasteiger partial charge in [-0.15, -0.1) is 0 Å². The maximum Gasteiger partial charge on any atom is 0.391 e. The molecule has 1 fully saturated rings. The van der Waals surface area contributed by atoms with Crippen molar-refractivity contribution in [2.45, 2.75) is 68.8 Å². The molecule has 0 spiro atoms. The second-order valence-corrected chi connectivity index (χ2v) is 14.0. The van der Waals surface area contributed by atoms with E-state index in [0.717, 1.165) is 4.90 Å². The second kappa shape index (κ2) is 11.6. The van der Waals surface area contributed by atoms with E-state index in [9.17, 15) is 36.3 Å². The van der Waals surface area contributed by atoms with Gasteiger partial charge in [0.15, 0.2) is 9.84 Å². The lowest BCUT2D eigenvalue weighted by atomic mass is 9.89. The molecule has 4 atom stereocenters. The van der Waals surface area contributed by atoms with Gasteiger partial charge in [-0.2, -0.15) is 13.2 Å². The zero-order valence-electron chi connectivity index (χ0n) is 21.3. The highest BCUT2D eigenvalue weighted by molar-refractivity contribution is 7.92. The number of amides is 1. The smallest absolute Gasteiger partial charge is 0.391 e. The highest BCUT2D eigenvalue weighted by Gasteiger charge is 2.51. The number of rotatable bonds is 8. The standard InChI is InChI=1S/C26H28Cl2F3NO6S/c1-25(2,3)39(36,37)14-19(13-26(29,30)31)32-22(15-7-9-17(27)10-8-15)23(16-5-4-6-18(28)11-16)38-20(24(32)35)12-21(33)34/h4-11,19-20,22-23H,12-14H2,1-3H3,(H,33,34)/t19?,20-,22+,23+/m0/s1. The average molecular weight is 610 g/mol. The SMILES string of the molecule is CC(C)(C)S(=O)(=O)CC(CC(F)(F)F)N1C(=O)[C@H](CC(=O)O)O[C@H](c2cccc(Cl)c2)[C@H]1c1ccc(Cl)cc1. The van der Waals surface area contributed by atoms with Crippen molar-refractivity contribution in [2.24, 2.45) is 0 Å². The number of hydrogen-bond acceptors (Lipinski definition) is 5. The fourth-order valence-electron chi connectivity index (χ4n) is 4.41. The summed E-state index contributed by atoms with van der Waals surface area (Å²) in [5, 5.41) is 10.0. The number of ether oxygens (including phenoxy) is 1.